The summed E-state index contributed by atoms with van der Waals surface area (Å²) >= 11 is 6.56. The molecule has 1 amide bonds. The first-order chi connectivity index (χ1) is 20.0. The molecular formula is C32H28ClF2N3O4. The van der Waals surface area contributed by atoms with E-state index in [0.29, 0.717) is 29.9 Å². The summed E-state index contributed by atoms with van der Waals surface area (Å²) in [5.41, 5.74) is -1.37. The van der Waals surface area contributed by atoms with Crippen LogP contribution in [0.1, 0.15) is 37.8 Å². The van der Waals surface area contributed by atoms with Gasteiger partial charge >= 0.3 is 11.1 Å². The van der Waals surface area contributed by atoms with Crippen molar-refractivity contribution in [3.8, 4) is 34.4 Å². The summed E-state index contributed by atoms with van der Waals surface area (Å²) in [7, 11) is 0. The molecule has 10 heteroatoms. The maximum atomic E-state index is 16.9. The topological polar surface area (TPSA) is 84.5 Å². The molecule has 1 aromatic heterocycles. The highest BCUT2D eigenvalue weighted by Crippen LogP contribution is 2.41. The van der Waals surface area contributed by atoms with Gasteiger partial charge in [0, 0.05) is 31.1 Å². The number of hydrogen-bond donors (Lipinski definition) is 1. The highest BCUT2D eigenvalue weighted by Gasteiger charge is 2.33. The lowest BCUT2D eigenvalue weighted by Gasteiger charge is -2.38. The minimum atomic E-state index is -1.06. The third-order valence-electron chi connectivity index (χ3n) is 7.59. The van der Waals surface area contributed by atoms with Gasteiger partial charge in [0.25, 0.3) is 5.91 Å². The van der Waals surface area contributed by atoms with E-state index >= 15 is 8.78 Å². The van der Waals surface area contributed by atoms with E-state index in [0.717, 1.165) is 10.6 Å². The number of hydrogen-bond acceptors (Lipinski definition) is 4. The van der Waals surface area contributed by atoms with Crippen molar-refractivity contribution in [2.75, 3.05) is 13.1 Å². The number of likely N-dealkylation sites (tertiary alicyclic amines) is 1. The molecule has 1 aliphatic heterocycles. The largest absolute Gasteiger partial charge is 0.507 e. The van der Waals surface area contributed by atoms with Gasteiger partial charge in [-0.05, 0) is 55.0 Å². The number of phenols is 1. The number of aromatic hydroxyl groups is 1. The lowest BCUT2D eigenvalue weighted by molar-refractivity contribution is -0.131. The van der Waals surface area contributed by atoms with E-state index in [1.165, 1.54) is 27.7 Å². The molecule has 0 saturated carbocycles. The van der Waals surface area contributed by atoms with Gasteiger partial charge in [-0.15, -0.1) is 0 Å². The highest BCUT2D eigenvalue weighted by atomic mass is 35.5. The minimum Gasteiger partial charge on any atom is -0.507 e. The first-order valence-corrected chi connectivity index (χ1v) is 13.8. The molecule has 42 heavy (non-hydrogen) atoms. The number of carbonyl (C=O) groups is 1. The molecule has 0 unspecified atom stereocenters. The van der Waals surface area contributed by atoms with Crippen molar-refractivity contribution in [3.63, 3.8) is 0 Å². The maximum Gasteiger partial charge on any atom is 0.321 e. The van der Waals surface area contributed by atoms with Crippen LogP contribution in [0.4, 0.5) is 8.78 Å². The number of aryl methyl sites for hydroxylation is 1. The Kier molecular flexibility index (Phi) is 7.69. The monoisotopic (exact) mass is 591 g/mol. The quantitative estimate of drug-likeness (QED) is 0.250. The summed E-state index contributed by atoms with van der Waals surface area (Å²) in [4.78, 5) is 41.3. The van der Waals surface area contributed by atoms with Gasteiger partial charge in [-0.1, -0.05) is 55.6 Å². The zero-order valence-electron chi connectivity index (χ0n) is 23.5. The fraction of sp³-hybridized carbons (Fsp3) is 0.281. The van der Waals surface area contributed by atoms with Gasteiger partial charge in [0.15, 0.2) is 5.82 Å². The molecular weight excluding hydrogens is 564 g/mol. The SMILES string of the molecule is CC#CC(=O)N1CC(Cn2c(=O)c(=O)n(-c3c(C)cccc3C(C)C)c3c(F)c(-c4c(O)cccc4F)c(Cl)cc32)C1. The second-order valence-corrected chi connectivity index (χ2v) is 11.1. The van der Waals surface area contributed by atoms with E-state index in [4.69, 9.17) is 11.6 Å². The van der Waals surface area contributed by atoms with E-state index in [1.807, 2.05) is 19.9 Å². The van der Waals surface area contributed by atoms with Crippen LogP contribution in [-0.4, -0.2) is 38.1 Å². The Morgan fingerprint density at radius 2 is 1.79 bits per heavy atom. The molecule has 3 aromatic carbocycles. The van der Waals surface area contributed by atoms with Crippen molar-refractivity contribution in [1.29, 1.82) is 0 Å². The van der Waals surface area contributed by atoms with Gasteiger partial charge in [-0.2, -0.15) is 0 Å². The number of para-hydroxylation sites is 1. The predicted octanol–water partition coefficient (Wildman–Crippen LogP) is 5.37. The molecule has 7 nitrogen and oxygen atoms in total. The average molecular weight is 592 g/mol. The molecule has 0 radical (unpaired) electrons. The summed E-state index contributed by atoms with van der Waals surface area (Å²) in [6.45, 7) is 7.75. The molecule has 1 fully saturated rings. The molecule has 0 spiro atoms. The van der Waals surface area contributed by atoms with Crippen LogP contribution in [0.15, 0.2) is 52.1 Å². The lowest BCUT2D eigenvalue weighted by atomic mass is 9.96. The second kappa shape index (κ2) is 11.1. The molecule has 1 saturated heterocycles. The van der Waals surface area contributed by atoms with Gasteiger partial charge in [-0.3, -0.25) is 19.0 Å². The smallest absolute Gasteiger partial charge is 0.321 e. The zero-order chi connectivity index (χ0) is 30.5. The predicted molar refractivity (Wildman–Crippen MR) is 158 cm³/mol. The Morgan fingerprint density at radius 3 is 2.43 bits per heavy atom. The summed E-state index contributed by atoms with van der Waals surface area (Å²) in [5.74, 6) is 1.87. The van der Waals surface area contributed by atoms with Crippen LogP contribution in [0.25, 0.3) is 27.8 Å². The standard InChI is InChI=1S/C32H28ClF2N3O4/c1-5-8-25(40)36-14-19(15-36)16-37-23-13-21(33)26(27-22(34)11-7-12-24(27)39)28(35)30(23)38(32(42)31(37)41)29-18(4)9-6-10-20(29)17(2)3/h6-7,9-13,17,19,39H,14-16H2,1-4H3. The maximum absolute atomic E-state index is 16.9. The molecule has 0 atom stereocenters. The van der Waals surface area contributed by atoms with Crippen LogP contribution in [0.5, 0.6) is 5.75 Å². The summed E-state index contributed by atoms with van der Waals surface area (Å²) in [6.07, 6.45) is 0. The molecule has 1 aliphatic rings. The number of nitrogens with zero attached hydrogens (tertiary/aromatic N) is 3. The fourth-order valence-electron chi connectivity index (χ4n) is 5.57. The summed E-state index contributed by atoms with van der Waals surface area (Å²) in [6, 6.07) is 10.2. The molecule has 4 aromatic rings. The first-order valence-electron chi connectivity index (χ1n) is 13.4. The number of rotatable bonds is 5. The molecule has 0 bridgehead atoms. The lowest BCUT2D eigenvalue weighted by Crippen LogP contribution is -2.53. The van der Waals surface area contributed by atoms with Crippen LogP contribution >= 0.6 is 11.6 Å². The Morgan fingerprint density at radius 1 is 1.10 bits per heavy atom. The normalized spacial score (nSPS) is 13.3. The molecule has 1 N–H and O–H groups in total. The van der Waals surface area contributed by atoms with Gasteiger partial charge in [0.1, 0.15) is 17.1 Å². The van der Waals surface area contributed by atoms with E-state index in [-0.39, 0.29) is 40.3 Å². The minimum absolute atomic E-state index is 0.0135. The van der Waals surface area contributed by atoms with Gasteiger partial charge in [0.2, 0.25) is 0 Å². The Hall–Kier alpha value is -4.42. The van der Waals surface area contributed by atoms with Crippen LogP contribution < -0.4 is 11.1 Å². The number of carbonyl (C=O) groups excluding carboxylic acids is 1. The summed E-state index contributed by atoms with van der Waals surface area (Å²) < 4.78 is 34.1. The van der Waals surface area contributed by atoms with Crippen molar-refractivity contribution in [2.45, 2.75) is 40.2 Å². The Bertz CT molecular complexity index is 1930. The fourth-order valence-corrected chi connectivity index (χ4v) is 5.85. The van der Waals surface area contributed by atoms with Gasteiger partial charge in [0.05, 0.1) is 21.8 Å². The van der Waals surface area contributed by atoms with E-state index in [1.54, 1.807) is 26.0 Å². The molecule has 0 aliphatic carbocycles. The van der Waals surface area contributed by atoms with Crippen molar-refractivity contribution in [3.05, 3.63) is 91.0 Å². The first kappa shape index (κ1) is 29.1. The van der Waals surface area contributed by atoms with Crippen molar-refractivity contribution in [1.82, 2.24) is 14.0 Å². The third-order valence-corrected chi connectivity index (χ3v) is 7.89. The molecule has 216 valence electrons. The van der Waals surface area contributed by atoms with Crippen LogP contribution in [0, 0.1) is 36.3 Å². The van der Waals surface area contributed by atoms with E-state index in [2.05, 4.69) is 11.8 Å². The number of phenolic OH excluding ortho intramolecular Hbond substituents is 1. The third kappa shape index (κ3) is 4.76. The van der Waals surface area contributed by atoms with Crippen molar-refractivity contribution >= 4 is 28.5 Å². The summed E-state index contributed by atoms with van der Waals surface area (Å²) in [5, 5.41) is 10.2. The number of amides is 1. The van der Waals surface area contributed by atoms with Crippen LogP contribution in [0.3, 0.4) is 0 Å². The van der Waals surface area contributed by atoms with Crippen LogP contribution in [-0.2, 0) is 11.3 Å². The number of fused-ring (bicyclic) bond motifs is 1. The van der Waals surface area contributed by atoms with Crippen LogP contribution in [0.2, 0.25) is 5.02 Å². The average Bonchev–Trinajstić information content (AvgIpc) is 2.90. The number of halogens is 3. The Balaban J connectivity index is 1.85. The van der Waals surface area contributed by atoms with Gasteiger partial charge in [-0.25, -0.2) is 8.78 Å². The van der Waals surface area contributed by atoms with Gasteiger partial charge < -0.3 is 14.6 Å². The van der Waals surface area contributed by atoms with Crippen molar-refractivity contribution < 1.29 is 18.7 Å². The molecule has 2 heterocycles. The van der Waals surface area contributed by atoms with Crippen molar-refractivity contribution in [2.24, 2.45) is 5.92 Å². The number of aromatic nitrogens is 2. The second-order valence-electron chi connectivity index (χ2n) is 10.7. The zero-order valence-corrected chi connectivity index (χ0v) is 24.2. The Labute approximate surface area is 245 Å². The highest BCUT2D eigenvalue weighted by molar-refractivity contribution is 6.34. The van der Waals surface area contributed by atoms with E-state index < -0.39 is 39.6 Å². The molecule has 5 rings (SSSR count). The van der Waals surface area contributed by atoms with E-state index in [9.17, 15) is 19.5 Å². The number of benzene rings is 3.